The van der Waals surface area contributed by atoms with Crippen molar-refractivity contribution in [1.82, 2.24) is 0 Å². The zero-order chi connectivity index (χ0) is 15.7. The van der Waals surface area contributed by atoms with Crippen molar-refractivity contribution in [2.75, 3.05) is 0 Å². The third kappa shape index (κ3) is 1.63. The van der Waals surface area contributed by atoms with Crippen molar-refractivity contribution in [3.63, 3.8) is 0 Å². The third-order valence-electron chi connectivity index (χ3n) is 4.58. The number of ether oxygens (including phenoxy) is 1. The van der Waals surface area contributed by atoms with Crippen molar-refractivity contribution in [3.05, 3.63) is 11.6 Å². The fourth-order valence-corrected chi connectivity index (χ4v) is 3.62. The molecule has 0 amide bonds. The fraction of sp³-hybridized carbons (Fsp3) is 0.625. The lowest BCUT2D eigenvalue weighted by atomic mass is 9.53. The molecule has 1 fully saturated rings. The Labute approximate surface area is 124 Å². The quantitative estimate of drug-likeness (QED) is 0.800. The molecule has 2 aliphatic rings. The monoisotopic (exact) mass is 282 g/mol. The van der Waals surface area contributed by atoms with Gasteiger partial charge in [0, 0.05) is 5.92 Å². The van der Waals surface area contributed by atoms with Crippen LogP contribution in [0.25, 0.3) is 0 Å². The highest BCUT2D eigenvalue weighted by Gasteiger charge is 2.73. The van der Waals surface area contributed by atoms with Crippen molar-refractivity contribution in [3.8, 4) is 18.2 Å². The van der Waals surface area contributed by atoms with Crippen LogP contribution in [0.15, 0.2) is 11.6 Å². The minimum Gasteiger partial charge on any atom is -0.469 e. The molecular weight excluding hydrogens is 264 g/mol. The number of nitriles is 3. The van der Waals surface area contributed by atoms with E-state index >= 15 is 0 Å². The van der Waals surface area contributed by atoms with Crippen LogP contribution in [0.4, 0.5) is 0 Å². The van der Waals surface area contributed by atoms with Crippen LogP contribution < -0.4 is 0 Å². The van der Waals surface area contributed by atoms with Crippen LogP contribution in [0.1, 0.15) is 39.5 Å². The number of rotatable bonds is 4. The number of nitrogens with one attached hydrogen (secondary N) is 1. The second-order valence-electron chi connectivity index (χ2n) is 5.67. The number of hydrogen-bond acceptors (Lipinski definition) is 5. The summed E-state index contributed by atoms with van der Waals surface area (Å²) in [6, 6.07) is 6.19. The van der Waals surface area contributed by atoms with E-state index in [0.717, 1.165) is 18.4 Å². The Morgan fingerprint density at radius 3 is 2.33 bits per heavy atom. The summed E-state index contributed by atoms with van der Waals surface area (Å²) in [5.74, 6) is -0.543. The second-order valence-corrected chi connectivity index (χ2v) is 5.67. The number of hydrogen-bond donors (Lipinski definition) is 1. The maximum absolute atomic E-state index is 9.75. The van der Waals surface area contributed by atoms with Crippen LogP contribution in [0.5, 0.6) is 0 Å². The summed E-state index contributed by atoms with van der Waals surface area (Å²) in [7, 11) is 0. The molecule has 3 atom stereocenters. The first-order valence-corrected chi connectivity index (χ1v) is 7.27. The first-order chi connectivity index (χ1) is 10.1. The molecule has 0 saturated carbocycles. The lowest BCUT2D eigenvalue weighted by molar-refractivity contribution is 0.144. The van der Waals surface area contributed by atoms with Gasteiger partial charge >= 0.3 is 0 Å². The molecule has 1 saturated heterocycles. The van der Waals surface area contributed by atoms with Crippen LogP contribution in [0.3, 0.4) is 0 Å². The zero-order valence-corrected chi connectivity index (χ0v) is 12.3. The Balaban J connectivity index is 2.73. The smallest absolute Gasteiger partial charge is 0.211 e. The molecule has 0 aromatic rings. The topological polar surface area (TPSA) is 104 Å². The van der Waals surface area contributed by atoms with Gasteiger partial charge in [-0.2, -0.15) is 15.8 Å². The van der Waals surface area contributed by atoms with Crippen LogP contribution in [-0.4, -0.2) is 12.0 Å². The normalized spacial score (nSPS) is 32.3. The van der Waals surface area contributed by atoms with Crippen LogP contribution in [0, 0.1) is 56.2 Å². The highest BCUT2D eigenvalue weighted by molar-refractivity contribution is 5.90. The summed E-state index contributed by atoms with van der Waals surface area (Å²) in [6.07, 6.45) is 4.25. The van der Waals surface area contributed by atoms with Gasteiger partial charge in [-0.15, -0.1) is 0 Å². The first-order valence-electron chi connectivity index (χ1n) is 7.27. The van der Waals surface area contributed by atoms with Gasteiger partial charge in [0.1, 0.15) is 0 Å². The Bertz CT molecular complexity index is 602. The number of nitrogens with zero attached hydrogens (tertiary/aromatic N) is 3. The molecule has 0 radical (unpaired) electrons. The van der Waals surface area contributed by atoms with Gasteiger partial charge in [-0.25, -0.2) is 0 Å². The van der Waals surface area contributed by atoms with Gasteiger partial charge in [-0.3, -0.25) is 5.41 Å². The van der Waals surface area contributed by atoms with E-state index in [1.165, 1.54) is 0 Å². The highest BCUT2D eigenvalue weighted by Crippen LogP contribution is 2.60. The van der Waals surface area contributed by atoms with Crippen molar-refractivity contribution >= 4 is 5.90 Å². The Morgan fingerprint density at radius 1 is 1.19 bits per heavy atom. The van der Waals surface area contributed by atoms with Crippen molar-refractivity contribution in [1.29, 1.82) is 21.2 Å². The summed E-state index contributed by atoms with van der Waals surface area (Å²) < 4.78 is 5.57. The van der Waals surface area contributed by atoms with Gasteiger partial charge in [-0.1, -0.05) is 32.8 Å². The minimum absolute atomic E-state index is 0.223. The van der Waals surface area contributed by atoms with E-state index < -0.39 is 16.9 Å². The minimum atomic E-state index is -1.61. The average molecular weight is 282 g/mol. The van der Waals surface area contributed by atoms with Crippen LogP contribution >= 0.6 is 0 Å². The van der Waals surface area contributed by atoms with E-state index in [1.54, 1.807) is 0 Å². The summed E-state index contributed by atoms with van der Waals surface area (Å²) in [6.45, 7) is 4.01. The third-order valence-corrected chi connectivity index (χ3v) is 4.58. The first kappa shape index (κ1) is 15.1. The fourth-order valence-electron chi connectivity index (χ4n) is 3.62. The molecule has 5 nitrogen and oxygen atoms in total. The van der Waals surface area contributed by atoms with Crippen LogP contribution in [0.2, 0.25) is 0 Å². The molecule has 2 bridgehead atoms. The van der Waals surface area contributed by atoms with Crippen molar-refractivity contribution < 1.29 is 4.74 Å². The Hall–Kier alpha value is -2.32. The molecule has 2 rings (SSSR count). The molecule has 1 aliphatic heterocycles. The molecule has 0 unspecified atom stereocenters. The summed E-state index contributed by atoms with van der Waals surface area (Å²) in [5.41, 5.74) is -2.21. The van der Waals surface area contributed by atoms with E-state index in [-0.39, 0.29) is 11.8 Å². The zero-order valence-electron chi connectivity index (χ0n) is 12.3. The van der Waals surface area contributed by atoms with E-state index in [9.17, 15) is 15.8 Å². The summed E-state index contributed by atoms with van der Waals surface area (Å²) in [4.78, 5) is 0. The van der Waals surface area contributed by atoms with Crippen molar-refractivity contribution in [2.45, 2.75) is 45.6 Å². The highest BCUT2D eigenvalue weighted by atomic mass is 16.5. The molecule has 0 spiro atoms. The van der Waals surface area contributed by atoms with Gasteiger partial charge in [0.2, 0.25) is 11.3 Å². The predicted octanol–water partition coefficient (Wildman–Crippen LogP) is 3.06. The number of allylic oxidation sites excluding steroid dienone is 1. The molecule has 0 aromatic heterocycles. The summed E-state index contributed by atoms with van der Waals surface area (Å²) in [5, 5.41) is 37.2. The van der Waals surface area contributed by atoms with Gasteiger partial charge in [0.25, 0.3) is 0 Å². The molecule has 108 valence electrons. The van der Waals surface area contributed by atoms with Gasteiger partial charge < -0.3 is 4.74 Å². The SMILES string of the molecule is CCCC1=C[C@H](CCC)[C@@]2(C#N)C(=N)O[C@H]1C2(C#N)C#N. The maximum atomic E-state index is 9.75. The summed E-state index contributed by atoms with van der Waals surface area (Å²) >= 11 is 0. The number of fused-ring (bicyclic) bond motifs is 2. The predicted molar refractivity (Wildman–Crippen MR) is 75.7 cm³/mol. The molecule has 21 heavy (non-hydrogen) atoms. The molecule has 5 heteroatoms. The van der Waals surface area contributed by atoms with E-state index in [4.69, 9.17) is 10.1 Å². The maximum Gasteiger partial charge on any atom is 0.211 e. The molecule has 1 heterocycles. The van der Waals surface area contributed by atoms with Gasteiger partial charge in [0.05, 0.1) is 18.2 Å². The van der Waals surface area contributed by atoms with E-state index in [1.807, 2.05) is 32.1 Å². The lowest BCUT2D eigenvalue weighted by Crippen LogP contribution is -2.51. The van der Waals surface area contributed by atoms with Gasteiger partial charge in [-0.05, 0) is 18.4 Å². The molecule has 0 aromatic carbocycles. The van der Waals surface area contributed by atoms with Crippen LogP contribution in [-0.2, 0) is 4.74 Å². The largest absolute Gasteiger partial charge is 0.469 e. The van der Waals surface area contributed by atoms with Gasteiger partial charge in [0.15, 0.2) is 11.5 Å². The molecular formula is C16H18N4O. The van der Waals surface area contributed by atoms with E-state index in [0.29, 0.717) is 12.8 Å². The van der Waals surface area contributed by atoms with Crippen molar-refractivity contribution in [2.24, 2.45) is 16.7 Å². The Morgan fingerprint density at radius 2 is 1.86 bits per heavy atom. The molecule has 1 N–H and O–H groups in total. The lowest BCUT2D eigenvalue weighted by Gasteiger charge is -2.39. The average Bonchev–Trinajstić information content (AvgIpc) is 2.68. The molecule has 1 aliphatic carbocycles. The standard InChI is InChI=1S/C16H18N4O/c1-3-5-11-7-12(6-4-2)16(10-19)14(20)21-13(11)15(16,8-17)9-18/h7,12-13,20H,3-6H2,1-2H3/t12-,13+,16-/m0/s1. The second kappa shape index (κ2) is 5.23. The Kier molecular flexibility index (Phi) is 3.75. The van der Waals surface area contributed by atoms with E-state index in [2.05, 4.69) is 6.07 Å².